The van der Waals surface area contributed by atoms with Crippen molar-refractivity contribution in [3.8, 4) is 0 Å². The average Bonchev–Trinajstić information content (AvgIpc) is 3.17. The fourth-order valence-electron chi connectivity index (χ4n) is 5.12. The number of benzene rings is 4. The van der Waals surface area contributed by atoms with Crippen LogP contribution < -0.4 is 26.9 Å². The minimum absolute atomic E-state index is 0.00179. The third-order valence-electron chi connectivity index (χ3n) is 7.83. The molecule has 1 heterocycles. The molecule has 278 valence electrons. The second-order valence-corrected chi connectivity index (χ2v) is 12.0. The lowest BCUT2D eigenvalue weighted by molar-refractivity contribution is -0.118. The molecular weight excluding hydrogens is 694 g/mol. The second-order valence-electron chi connectivity index (χ2n) is 12.0. The number of aliphatic imine (C=N–C) groups is 1. The summed E-state index contributed by atoms with van der Waals surface area (Å²) < 4.78 is 21.2. The molecule has 1 atom stereocenters. The van der Waals surface area contributed by atoms with Gasteiger partial charge in [0, 0.05) is 29.8 Å². The van der Waals surface area contributed by atoms with Crippen LogP contribution >= 0.6 is 0 Å². The van der Waals surface area contributed by atoms with Crippen molar-refractivity contribution in [2.24, 2.45) is 4.99 Å². The monoisotopic (exact) mass is 733 g/mol. The molecule has 1 aromatic heterocycles. The number of carbonyl (C=O) groups excluding carboxylic acids is 4. The Morgan fingerprint density at radius 3 is 1.74 bits per heavy atom. The van der Waals surface area contributed by atoms with Crippen molar-refractivity contribution in [2.45, 2.75) is 45.6 Å². The van der Waals surface area contributed by atoms with Crippen molar-refractivity contribution in [1.82, 2.24) is 16.0 Å². The molecule has 4 aromatic carbocycles. The van der Waals surface area contributed by atoms with Crippen LogP contribution in [-0.4, -0.2) is 42.7 Å². The largest absolute Gasteiger partial charge is 0.445 e. The van der Waals surface area contributed by atoms with Crippen molar-refractivity contribution < 1.29 is 37.8 Å². The van der Waals surface area contributed by atoms with Gasteiger partial charge in [0.05, 0.1) is 0 Å². The van der Waals surface area contributed by atoms with Gasteiger partial charge in [-0.1, -0.05) is 91.0 Å². The molecule has 5 rings (SSSR count). The van der Waals surface area contributed by atoms with Crippen molar-refractivity contribution in [3.63, 3.8) is 0 Å². The van der Waals surface area contributed by atoms with E-state index in [2.05, 4.69) is 26.3 Å². The van der Waals surface area contributed by atoms with Crippen molar-refractivity contribution >= 4 is 46.8 Å². The quantitative estimate of drug-likeness (QED) is 0.0353. The van der Waals surface area contributed by atoms with Crippen LogP contribution in [-0.2, 0) is 38.8 Å². The van der Waals surface area contributed by atoms with Crippen LogP contribution in [0.25, 0.3) is 11.0 Å². The predicted molar refractivity (Wildman–Crippen MR) is 200 cm³/mol. The van der Waals surface area contributed by atoms with E-state index in [1.807, 2.05) is 30.3 Å². The summed E-state index contributed by atoms with van der Waals surface area (Å²) in [6.45, 7) is 1.71. The van der Waals surface area contributed by atoms with Gasteiger partial charge < -0.3 is 29.3 Å². The third-order valence-corrected chi connectivity index (χ3v) is 7.83. The van der Waals surface area contributed by atoms with E-state index >= 15 is 0 Å². The number of alkyl carbamates (subject to hydrolysis) is 3. The number of ether oxygens (including phenoxy) is 3. The van der Waals surface area contributed by atoms with Crippen LogP contribution in [0.15, 0.2) is 129 Å². The van der Waals surface area contributed by atoms with E-state index in [1.165, 1.54) is 12.1 Å². The van der Waals surface area contributed by atoms with E-state index in [4.69, 9.17) is 18.6 Å². The number of anilines is 1. The van der Waals surface area contributed by atoms with Crippen LogP contribution in [0.3, 0.4) is 0 Å². The predicted octanol–water partition coefficient (Wildman–Crippen LogP) is 6.32. The highest BCUT2D eigenvalue weighted by atomic mass is 16.6. The molecule has 0 aliphatic rings. The lowest BCUT2D eigenvalue weighted by atomic mass is 10.1. The summed E-state index contributed by atoms with van der Waals surface area (Å²) in [5.74, 6) is -0.814. The van der Waals surface area contributed by atoms with Crippen LogP contribution in [0, 0.1) is 6.92 Å². The Morgan fingerprint density at radius 1 is 0.685 bits per heavy atom. The average molecular weight is 734 g/mol. The fourth-order valence-corrected chi connectivity index (χ4v) is 5.12. The molecule has 0 fully saturated rings. The molecule has 4 amide bonds. The van der Waals surface area contributed by atoms with Crippen molar-refractivity contribution in [1.29, 1.82) is 0 Å². The lowest BCUT2D eigenvalue weighted by Gasteiger charge is -2.18. The van der Waals surface area contributed by atoms with Gasteiger partial charge in [0.2, 0.25) is 11.9 Å². The molecular formula is C40H39N5O9. The van der Waals surface area contributed by atoms with E-state index in [0.29, 0.717) is 11.1 Å². The smallest absolute Gasteiger partial charge is 0.414 e. The summed E-state index contributed by atoms with van der Waals surface area (Å²) in [6, 6.07) is 32.3. The number of carbonyl (C=O) groups is 4. The van der Waals surface area contributed by atoms with E-state index in [0.717, 1.165) is 22.3 Å². The van der Waals surface area contributed by atoms with Gasteiger partial charge in [0.25, 0.3) is 0 Å². The van der Waals surface area contributed by atoms with Gasteiger partial charge in [-0.3, -0.25) is 20.4 Å². The summed E-state index contributed by atoms with van der Waals surface area (Å²) in [5, 5.41) is 10.9. The first-order valence-electron chi connectivity index (χ1n) is 17.0. The molecule has 0 saturated heterocycles. The van der Waals surface area contributed by atoms with Gasteiger partial charge >= 0.3 is 23.9 Å². The first-order valence-corrected chi connectivity index (χ1v) is 17.0. The molecule has 0 radical (unpaired) electrons. The molecule has 14 heteroatoms. The number of nitrogens with one attached hydrogen (secondary N) is 4. The number of nitrogens with zero attached hydrogens (tertiary/aromatic N) is 1. The lowest BCUT2D eigenvalue weighted by Crippen LogP contribution is -2.45. The number of rotatable bonds is 13. The normalized spacial score (nSPS) is 11.1. The van der Waals surface area contributed by atoms with E-state index < -0.39 is 35.9 Å². The van der Waals surface area contributed by atoms with E-state index in [-0.39, 0.29) is 50.7 Å². The van der Waals surface area contributed by atoms with E-state index in [9.17, 15) is 24.0 Å². The molecule has 14 nitrogen and oxygen atoms in total. The molecule has 0 aliphatic carbocycles. The number of amides is 4. The summed E-state index contributed by atoms with van der Waals surface area (Å²) >= 11 is 0. The third kappa shape index (κ3) is 12.4. The van der Waals surface area contributed by atoms with Crippen molar-refractivity contribution in [2.75, 3.05) is 11.9 Å². The maximum atomic E-state index is 13.5. The minimum atomic E-state index is -1.10. The molecule has 0 saturated carbocycles. The Balaban J connectivity index is 1.25. The Labute approximate surface area is 310 Å². The maximum Gasteiger partial charge on any atom is 0.414 e. The first kappa shape index (κ1) is 38.3. The zero-order valence-corrected chi connectivity index (χ0v) is 29.4. The molecule has 0 spiro atoms. The van der Waals surface area contributed by atoms with Gasteiger partial charge in [0.15, 0.2) is 0 Å². The molecule has 4 N–H and O–H groups in total. The highest BCUT2D eigenvalue weighted by Crippen LogP contribution is 2.21. The van der Waals surface area contributed by atoms with Gasteiger partial charge in [-0.25, -0.2) is 19.2 Å². The number of fused-ring (bicyclic) bond motifs is 1. The van der Waals surface area contributed by atoms with Crippen molar-refractivity contribution in [3.05, 3.63) is 148 Å². The summed E-state index contributed by atoms with van der Waals surface area (Å²) in [4.78, 5) is 67.9. The Bertz CT molecular complexity index is 2060. The number of guanidine groups is 1. The van der Waals surface area contributed by atoms with Crippen LogP contribution in [0.4, 0.5) is 20.1 Å². The first-order chi connectivity index (χ1) is 26.2. The molecule has 0 bridgehead atoms. The fraction of sp³-hybridized carbons (Fsp3) is 0.200. The molecule has 54 heavy (non-hydrogen) atoms. The zero-order chi connectivity index (χ0) is 38.1. The molecule has 0 aliphatic heterocycles. The topological polar surface area (TPSA) is 187 Å². The van der Waals surface area contributed by atoms with Gasteiger partial charge in [0.1, 0.15) is 31.4 Å². The second kappa shape index (κ2) is 19.6. The van der Waals surface area contributed by atoms with Crippen LogP contribution in [0.1, 0.15) is 35.1 Å². The standard InChI is InChI=1S/C40H39N5O9/c1-27-22-35(46)54-34-23-31(19-20-32(27)34)42-36(47)33(43-38(48)51-24-28-12-5-2-6-13-28)18-11-21-41-37(44-39(49)52-25-29-14-7-3-8-15-29)45-40(50)53-26-30-16-9-4-10-17-30/h2-10,12-17,19-20,22-23,33H,11,18,21,24-26H2,1H3,(H,42,47)(H,43,48)(H2,41,44,45,49,50)/t33-/m0/s1. The summed E-state index contributed by atoms with van der Waals surface area (Å²) in [7, 11) is 0. The Hall–Kier alpha value is -6.96. The number of aryl methyl sites for hydroxylation is 1. The zero-order valence-electron chi connectivity index (χ0n) is 29.4. The number of hydrogen-bond donors (Lipinski definition) is 4. The highest BCUT2D eigenvalue weighted by molar-refractivity contribution is 6.01. The number of hydrogen-bond acceptors (Lipinski definition) is 10. The molecule has 5 aromatic rings. The summed E-state index contributed by atoms with van der Waals surface area (Å²) in [5.41, 5.74) is 3.08. The SMILES string of the molecule is Cc1cc(=O)oc2cc(NC(=O)[C@H](CCCN=C(NC(=O)OCc3ccccc3)NC(=O)OCc3ccccc3)NC(=O)OCc3ccccc3)ccc12. The summed E-state index contributed by atoms with van der Waals surface area (Å²) in [6.07, 6.45) is -2.30. The maximum absolute atomic E-state index is 13.5. The Morgan fingerprint density at radius 2 is 1.20 bits per heavy atom. The van der Waals surface area contributed by atoms with Gasteiger partial charge in [-0.2, -0.15) is 0 Å². The molecule has 0 unspecified atom stereocenters. The Kier molecular flexibility index (Phi) is 13.9. The van der Waals surface area contributed by atoms with Gasteiger partial charge in [-0.05, 0) is 54.2 Å². The highest BCUT2D eigenvalue weighted by Gasteiger charge is 2.22. The van der Waals surface area contributed by atoms with E-state index in [1.54, 1.807) is 79.7 Å². The van der Waals surface area contributed by atoms with Crippen LogP contribution in [0.2, 0.25) is 0 Å². The van der Waals surface area contributed by atoms with Gasteiger partial charge in [-0.15, -0.1) is 0 Å². The van der Waals surface area contributed by atoms with Crippen LogP contribution in [0.5, 0.6) is 0 Å². The minimum Gasteiger partial charge on any atom is -0.445 e.